The molecule has 2 aromatic carbocycles. The van der Waals surface area contributed by atoms with E-state index in [2.05, 4.69) is 0 Å². The van der Waals surface area contributed by atoms with Crippen LogP contribution < -0.4 is 4.74 Å². The van der Waals surface area contributed by atoms with Gasteiger partial charge >= 0.3 is 5.97 Å². The fourth-order valence-electron chi connectivity index (χ4n) is 1.40. The van der Waals surface area contributed by atoms with Gasteiger partial charge in [0.25, 0.3) is 0 Å². The topological polar surface area (TPSA) is 43.4 Å². The summed E-state index contributed by atoms with van der Waals surface area (Å²) in [4.78, 5) is 22.5. The second-order valence-electron chi connectivity index (χ2n) is 3.41. The van der Waals surface area contributed by atoms with Crippen molar-refractivity contribution < 1.29 is 14.3 Å². The number of ether oxygens (including phenoxy) is 1. The number of hydrogen-bond donors (Lipinski definition) is 0. The van der Waals surface area contributed by atoms with Gasteiger partial charge in [-0.1, -0.05) is 30.3 Å². The molecule has 0 unspecified atom stereocenters. The van der Waals surface area contributed by atoms with Gasteiger partial charge in [0, 0.05) is 0 Å². The molecular weight excluding hydrogens is 216 g/mol. The summed E-state index contributed by atoms with van der Waals surface area (Å²) in [6.07, 6.45) is 0.660. The molecule has 0 bridgehead atoms. The van der Waals surface area contributed by atoms with Crippen molar-refractivity contribution in [2.24, 2.45) is 0 Å². The number of benzene rings is 2. The van der Waals surface area contributed by atoms with Crippen LogP contribution >= 0.6 is 0 Å². The number of esters is 1. The van der Waals surface area contributed by atoms with Crippen molar-refractivity contribution in [1.82, 2.24) is 0 Å². The number of aldehydes is 1. The Morgan fingerprint density at radius 1 is 0.941 bits per heavy atom. The van der Waals surface area contributed by atoms with E-state index >= 15 is 0 Å². The predicted molar refractivity (Wildman–Crippen MR) is 63.2 cm³/mol. The lowest BCUT2D eigenvalue weighted by Crippen LogP contribution is -2.09. The van der Waals surface area contributed by atoms with Crippen molar-refractivity contribution in [3.05, 3.63) is 65.7 Å². The molecule has 0 radical (unpaired) electrons. The summed E-state index contributed by atoms with van der Waals surface area (Å²) in [6, 6.07) is 15.2. The molecule has 0 atom stereocenters. The molecule has 0 heterocycles. The fraction of sp³-hybridized carbons (Fsp3) is 0. The van der Waals surface area contributed by atoms with E-state index in [0.29, 0.717) is 17.4 Å². The second-order valence-corrected chi connectivity index (χ2v) is 3.41. The quantitative estimate of drug-likeness (QED) is 0.459. The minimum atomic E-state index is -0.472. The zero-order valence-corrected chi connectivity index (χ0v) is 9.00. The number of para-hydroxylation sites is 1. The van der Waals surface area contributed by atoms with Crippen LogP contribution in [0.1, 0.15) is 20.7 Å². The van der Waals surface area contributed by atoms with Gasteiger partial charge in [-0.2, -0.15) is 0 Å². The standard InChI is InChI=1S/C14H10O3/c15-10-12-8-4-5-9-13(12)17-14(16)11-6-2-1-3-7-11/h1-10H. The maximum Gasteiger partial charge on any atom is 0.343 e. The van der Waals surface area contributed by atoms with Gasteiger partial charge in [-0.15, -0.1) is 0 Å². The Morgan fingerprint density at radius 2 is 1.59 bits per heavy atom. The second kappa shape index (κ2) is 5.07. The maximum absolute atomic E-state index is 11.7. The number of carbonyl (C=O) groups is 2. The summed E-state index contributed by atoms with van der Waals surface area (Å²) in [5.74, 6) is -0.198. The Hall–Kier alpha value is -2.42. The molecule has 0 spiro atoms. The third kappa shape index (κ3) is 2.58. The van der Waals surface area contributed by atoms with Crippen molar-refractivity contribution in [3.8, 4) is 5.75 Å². The van der Waals surface area contributed by atoms with E-state index in [4.69, 9.17) is 4.74 Å². The molecule has 2 rings (SSSR count). The molecule has 0 N–H and O–H groups in total. The average molecular weight is 226 g/mol. The Bertz CT molecular complexity index is 532. The van der Waals surface area contributed by atoms with E-state index in [0.717, 1.165) is 0 Å². The monoisotopic (exact) mass is 226 g/mol. The largest absolute Gasteiger partial charge is 0.422 e. The van der Waals surface area contributed by atoms with Gasteiger partial charge in [-0.25, -0.2) is 4.79 Å². The van der Waals surface area contributed by atoms with Crippen molar-refractivity contribution in [1.29, 1.82) is 0 Å². The SMILES string of the molecule is O=Cc1ccccc1OC(=O)c1ccccc1. The summed E-state index contributed by atoms with van der Waals surface area (Å²) in [6.45, 7) is 0. The van der Waals surface area contributed by atoms with E-state index in [1.165, 1.54) is 0 Å². The first-order valence-corrected chi connectivity index (χ1v) is 5.12. The predicted octanol–water partition coefficient (Wildman–Crippen LogP) is 2.72. The lowest BCUT2D eigenvalue weighted by Gasteiger charge is -2.05. The van der Waals surface area contributed by atoms with Gasteiger partial charge in [0.05, 0.1) is 11.1 Å². The molecule has 0 aliphatic rings. The van der Waals surface area contributed by atoms with Crippen LogP contribution in [-0.2, 0) is 0 Å². The van der Waals surface area contributed by atoms with Crippen LogP contribution in [0, 0.1) is 0 Å². The van der Waals surface area contributed by atoms with Crippen molar-refractivity contribution in [2.75, 3.05) is 0 Å². The van der Waals surface area contributed by atoms with Gasteiger partial charge in [-0.3, -0.25) is 4.79 Å². The van der Waals surface area contributed by atoms with Crippen LogP contribution in [-0.4, -0.2) is 12.3 Å². The average Bonchev–Trinajstić information content (AvgIpc) is 2.40. The third-order valence-corrected chi connectivity index (χ3v) is 2.26. The molecule has 3 heteroatoms. The van der Waals surface area contributed by atoms with Crippen molar-refractivity contribution in [3.63, 3.8) is 0 Å². The van der Waals surface area contributed by atoms with E-state index < -0.39 is 5.97 Å². The molecule has 0 saturated carbocycles. The van der Waals surface area contributed by atoms with Gasteiger partial charge in [-0.05, 0) is 24.3 Å². The zero-order valence-electron chi connectivity index (χ0n) is 9.00. The first-order valence-electron chi connectivity index (χ1n) is 5.12. The summed E-state index contributed by atoms with van der Waals surface area (Å²) in [5.41, 5.74) is 0.810. The molecule has 0 aromatic heterocycles. The van der Waals surface area contributed by atoms with Gasteiger partial charge < -0.3 is 4.74 Å². The smallest absolute Gasteiger partial charge is 0.343 e. The first kappa shape index (κ1) is 11.1. The van der Waals surface area contributed by atoms with Crippen LogP contribution in [0.4, 0.5) is 0 Å². The Morgan fingerprint density at radius 3 is 2.29 bits per heavy atom. The Kier molecular flexibility index (Phi) is 3.31. The lowest BCUT2D eigenvalue weighted by atomic mass is 10.2. The van der Waals surface area contributed by atoms with Crippen molar-refractivity contribution >= 4 is 12.3 Å². The van der Waals surface area contributed by atoms with Gasteiger partial charge in [0.1, 0.15) is 5.75 Å². The van der Waals surface area contributed by atoms with Gasteiger partial charge in [0.15, 0.2) is 6.29 Å². The highest BCUT2D eigenvalue weighted by molar-refractivity contribution is 5.92. The molecule has 17 heavy (non-hydrogen) atoms. The van der Waals surface area contributed by atoms with Crippen LogP contribution in [0.2, 0.25) is 0 Å². The van der Waals surface area contributed by atoms with E-state index in [1.807, 2.05) is 6.07 Å². The Labute approximate surface area is 98.7 Å². The van der Waals surface area contributed by atoms with Gasteiger partial charge in [0.2, 0.25) is 0 Å². The molecule has 0 aliphatic carbocycles. The number of rotatable bonds is 3. The molecule has 3 nitrogen and oxygen atoms in total. The maximum atomic E-state index is 11.7. The minimum Gasteiger partial charge on any atom is -0.422 e. The summed E-state index contributed by atoms with van der Waals surface area (Å²) in [5, 5.41) is 0. The molecule has 0 aliphatic heterocycles. The van der Waals surface area contributed by atoms with Crippen LogP contribution in [0.15, 0.2) is 54.6 Å². The summed E-state index contributed by atoms with van der Waals surface area (Å²) < 4.78 is 5.15. The highest BCUT2D eigenvalue weighted by Gasteiger charge is 2.10. The van der Waals surface area contributed by atoms with E-state index in [9.17, 15) is 9.59 Å². The minimum absolute atomic E-state index is 0.274. The van der Waals surface area contributed by atoms with Crippen LogP contribution in [0.3, 0.4) is 0 Å². The Balaban J connectivity index is 2.22. The molecule has 0 fully saturated rings. The zero-order chi connectivity index (χ0) is 12.1. The molecule has 84 valence electrons. The van der Waals surface area contributed by atoms with E-state index in [-0.39, 0.29) is 5.75 Å². The molecule has 0 saturated heterocycles. The fourth-order valence-corrected chi connectivity index (χ4v) is 1.40. The number of carbonyl (C=O) groups excluding carboxylic acids is 2. The number of hydrogen-bond acceptors (Lipinski definition) is 3. The lowest BCUT2D eigenvalue weighted by molar-refractivity contribution is 0.0733. The van der Waals surface area contributed by atoms with Crippen molar-refractivity contribution in [2.45, 2.75) is 0 Å². The molecule has 2 aromatic rings. The third-order valence-electron chi connectivity index (χ3n) is 2.26. The molecule has 0 amide bonds. The summed E-state index contributed by atoms with van der Waals surface area (Å²) in [7, 11) is 0. The highest BCUT2D eigenvalue weighted by atomic mass is 16.5. The normalized spacial score (nSPS) is 9.65. The highest BCUT2D eigenvalue weighted by Crippen LogP contribution is 2.17. The van der Waals surface area contributed by atoms with Crippen LogP contribution in [0.25, 0.3) is 0 Å². The van der Waals surface area contributed by atoms with E-state index in [1.54, 1.807) is 48.5 Å². The van der Waals surface area contributed by atoms with Crippen LogP contribution in [0.5, 0.6) is 5.75 Å². The summed E-state index contributed by atoms with van der Waals surface area (Å²) >= 11 is 0. The molecular formula is C14H10O3. The first-order chi connectivity index (χ1) is 8.31.